The molecule has 6 rings (SSSR count). The third kappa shape index (κ3) is 9.75. The van der Waals surface area contributed by atoms with Crippen molar-refractivity contribution in [1.29, 1.82) is 0 Å². The maximum absolute atomic E-state index is 14.5. The zero-order chi connectivity index (χ0) is 40.7. The number of amides is 2. The van der Waals surface area contributed by atoms with Gasteiger partial charge in [-0.3, -0.25) is 14.4 Å². The number of likely N-dealkylation sites (N-methyl/N-ethyl adjacent to an activating group) is 2. The molecule has 0 unspecified atom stereocenters. The molecule has 1 aliphatic heterocycles. The number of hydroxylamine groups is 2. The van der Waals surface area contributed by atoms with Crippen molar-refractivity contribution >= 4 is 17.5 Å². The molecule has 2 bridgehead atoms. The third-order valence-electron chi connectivity index (χ3n) is 13.0. The van der Waals surface area contributed by atoms with E-state index in [9.17, 15) is 14.7 Å². The van der Waals surface area contributed by atoms with Crippen LogP contribution in [0.5, 0.6) is 0 Å². The minimum atomic E-state index is -0.742. The predicted molar refractivity (Wildman–Crippen MR) is 224 cm³/mol. The van der Waals surface area contributed by atoms with Crippen molar-refractivity contribution in [2.75, 3.05) is 60.3 Å². The molecule has 0 spiro atoms. The highest BCUT2D eigenvalue weighted by Gasteiger charge is 2.57. The molecule has 2 aromatic carbocycles. The van der Waals surface area contributed by atoms with Crippen molar-refractivity contribution in [3.63, 3.8) is 0 Å². The monoisotopic (exact) mass is 761 g/mol. The van der Waals surface area contributed by atoms with Crippen LogP contribution in [0.15, 0.2) is 36.4 Å². The Balaban J connectivity index is 1.45. The average molecular weight is 761 g/mol. The van der Waals surface area contributed by atoms with Crippen LogP contribution in [0.4, 0.5) is 5.69 Å². The molecule has 0 aromatic heterocycles. The van der Waals surface area contributed by atoms with Crippen LogP contribution >= 0.6 is 0 Å². The number of benzene rings is 2. The summed E-state index contributed by atoms with van der Waals surface area (Å²) in [6.45, 7) is 19.3. The molecule has 4 aliphatic rings. The van der Waals surface area contributed by atoms with Crippen LogP contribution in [-0.4, -0.2) is 117 Å². The number of nitrogens with zero attached hydrogens (tertiary/aromatic N) is 4. The summed E-state index contributed by atoms with van der Waals surface area (Å²) in [5.41, 5.74) is 5.99. The Bertz CT molecular complexity index is 1660. The summed E-state index contributed by atoms with van der Waals surface area (Å²) in [5, 5.41) is 19.9. The van der Waals surface area contributed by atoms with E-state index in [0.717, 1.165) is 47.3 Å². The molecular formula is C45H72N6O4. The Labute approximate surface area is 332 Å². The molecule has 0 radical (unpaired) electrons. The number of carbonyl (C=O) groups excluding carboxylic acids is 2. The number of fused-ring (bicyclic) bond motifs is 2. The molecule has 1 heterocycles. The molecule has 10 nitrogen and oxygen atoms in total. The number of anilines is 1. The lowest BCUT2D eigenvalue weighted by Crippen LogP contribution is -2.62. The molecule has 10 heteroatoms. The first-order valence-corrected chi connectivity index (χ1v) is 20.5. The van der Waals surface area contributed by atoms with E-state index in [4.69, 9.17) is 4.84 Å². The van der Waals surface area contributed by atoms with Crippen LogP contribution in [0.1, 0.15) is 89.2 Å². The van der Waals surface area contributed by atoms with Gasteiger partial charge in [-0.15, -0.1) is 0 Å². The normalized spacial score (nSPS) is 27.5. The van der Waals surface area contributed by atoms with E-state index in [1.54, 1.807) is 6.92 Å². The molecule has 2 amide bonds. The topological polar surface area (TPSA) is 101 Å². The van der Waals surface area contributed by atoms with Crippen LogP contribution in [0.25, 0.3) is 11.1 Å². The molecule has 1 saturated heterocycles. The fourth-order valence-electron chi connectivity index (χ4n) is 9.95. The van der Waals surface area contributed by atoms with Crippen LogP contribution < -0.4 is 15.5 Å². The largest absolute Gasteiger partial charge is 0.393 e. The first-order valence-electron chi connectivity index (χ1n) is 20.5. The van der Waals surface area contributed by atoms with Gasteiger partial charge in [0.2, 0.25) is 5.91 Å². The Morgan fingerprint density at radius 3 is 2.29 bits per heavy atom. The SMILES string of the molecule is Cc1c(CN2O[C@@H](CN(C)C)[C@@H]([C@H](C)O)[C@H]2C(=O)N[C@H]2C[C@@H]3C[C@H]([C@@H]2C)C3(C)C)cccc1-c1cc(C(=O)N[C@H](CN(C)C)CC(C)(C)C)cc(N(C)C)c1. The van der Waals surface area contributed by atoms with E-state index < -0.39 is 18.1 Å². The van der Waals surface area contributed by atoms with Crippen molar-refractivity contribution in [2.45, 2.75) is 112 Å². The molecular weight excluding hydrogens is 689 g/mol. The van der Waals surface area contributed by atoms with Crippen molar-refractivity contribution < 1.29 is 19.5 Å². The van der Waals surface area contributed by atoms with E-state index in [1.165, 1.54) is 6.42 Å². The molecule has 3 saturated carbocycles. The molecule has 9 atom stereocenters. The number of hydrogen-bond acceptors (Lipinski definition) is 8. The van der Waals surface area contributed by atoms with Crippen LogP contribution in [0, 0.1) is 41.4 Å². The number of aliphatic hydroxyl groups is 1. The molecule has 2 aromatic rings. The fraction of sp³-hybridized carbons (Fsp3) is 0.689. The number of carbonyl (C=O) groups is 2. The lowest BCUT2D eigenvalue weighted by Gasteiger charge is -2.62. The summed E-state index contributed by atoms with van der Waals surface area (Å²) in [5.74, 6) is 1.07. The lowest BCUT2D eigenvalue weighted by molar-refractivity contribution is -0.179. The predicted octanol–water partition coefficient (Wildman–Crippen LogP) is 6.05. The Morgan fingerprint density at radius 1 is 1.04 bits per heavy atom. The summed E-state index contributed by atoms with van der Waals surface area (Å²) < 4.78 is 0. The number of aliphatic hydroxyl groups excluding tert-OH is 1. The van der Waals surface area contributed by atoms with Gasteiger partial charge in [0.05, 0.1) is 18.8 Å². The molecule has 4 fully saturated rings. The second kappa shape index (κ2) is 16.8. The van der Waals surface area contributed by atoms with Crippen molar-refractivity contribution in [2.24, 2.45) is 34.5 Å². The first-order chi connectivity index (χ1) is 25.6. The fourth-order valence-corrected chi connectivity index (χ4v) is 9.95. The zero-order valence-electron chi connectivity index (χ0n) is 36.4. The van der Waals surface area contributed by atoms with Gasteiger partial charge in [0.25, 0.3) is 5.91 Å². The minimum absolute atomic E-state index is 0.00489. The second-order valence-corrected chi connectivity index (χ2v) is 19.8. The lowest BCUT2D eigenvalue weighted by atomic mass is 9.45. The van der Waals surface area contributed by atoms with Gasteiger partial charge in [0.1, 0.15) is 6.04 Å². The minimum Gasteiger partial charge on any atom is -0.393 e. The van der Waals surface area contributed by atoms with Crippen LogP contribution in [0.2, 0.25) is 0 Å². The average Bonchev–Trinajstić information content (AvgIpc) is 3.42. The van der Waals surface area contributed by atoms with Gasteiger partial charge in [-0.1, -0.05) is 59.7 Å². The van der Waals surface area contributed by atoms with Gasteiger partial charge >= 0.3 is 0 Å². The molecule has 306 valence electrons. The van der Waals surface area contributed by atoms with Gasteiger partial charge in [-0.05, 0) is 130 Å². The summed E-state index contributed by atoms with van der Waals surface area (Å²) >= 11 is 0. The Hall–Kier alpha value is -3.02. The quantitative estimate of drug-likeness (QED) is 0.214. The third-order valence-corrected chi connectivity index (χ3v) is 13.0. The maximum atomic E-state index is 14.5. The molecule has 55 heavy (non-hydrogen) atoms. The summed E-state index contributed by atoms with van der Waals surface area (Å²) in [6, 6.07) is 11.8. The van der Waals surface area contributed by atoms with Gasteiger partial charge in [0.15, 0.2) is 0 Å². The van der Waals surface area contributed by atoms with Gasteiger partial charge in [0, 0.05) is 56.4 Å². The summed E-state index contributed by atoms with van der Waals surface area (Å²) in [4.78, 5) is 41.3. The van der Waals surface area contributed by atoms with Crippen LogP contribution in [-0.2, 0) is 16.2 Å². The van der Waals surface area contributed by atoms with Crippen molar-refractivity contribution in [1.82, 2.24) is 25.5 Å². The van der Waals surface area contributed by atoms with E-state index in [0.29, 0.717) is 41.8 Å². The zero-order valence-corrected chi connectivity index (χ0v) is 36.4. The van der Waals surface area contributed by atoms with Gasteiger partial charge in [-0.2, -0.15) is 5.06 Å². The van der Waals surface area contributed by atoms with E-state index in [2.05, 4.69) is 87.1 Å². The summed E-state index contributed by atoms with van der Waals surface area (Å²) in [6.07, 6.45) is 2.00. The van der Waals surface area contributed by atoms with Gasteiger partial charge < -0.3 is 30.4 Å². The van der Waals surface area contributed by atoms with Crippen molar-refractivity contribution in [3.05, 3.63) is 53.1 Å². The highest BCUT2D eigenvalue weighted by molar-refractivity contribution is 5.97. The van der Waals surface area contributed by atoms with E-state index >= 15 is 0 Å². The van der Waals surface area contributed by atoms with Crippen molar-refractivity contribution in [3.8, 4) is 11.1 Å². The number of nitrogens with one attached hydrogen (secondary N) is 2. The number of rotatable bonds is 14. The Morgan fingerprint density at radius 2 is 1.73 bits per heavy atom. The Kier molecular flexibility index (Phi) is 13.2. The standard InChI is InChI=1S/C45H72N6O4/c1-27-30(16-15-17-36(27)31-18-32(20-35(19-31)50(13)14)42(53)46-34(25-48(9)10)23-44(4,5)6)24-51-41(40(29(3)52)39(55-51)26-49(11)12)43(54)47-38-22-33-21-37(28(38)2)45(33,7)8/h15-20,28-29,33-34,37-41,52H,21-26H2,1-14H3,(H,46,53)(H,47,54)/t28-,29-,33-,34-,37+,38-,39-,40+,41-/m0/s1. The smallest absolute Gasteiger partial charge is 0.251 e. The van der Waals surface area contributed by atoms with E-state index in [1.807, 2.05) is 70.4 Å². The highest BCUT2D eigenvalue weighted by Crippen LogP contribution is 2.61. The summed E-state index contributed by atoms with van der Waals surface area (Å²) in [7, 11) is 12.1. The molecule has 3 N–H and O–H groups in total. The first kappa shape index (κ1) is 43.1. The number of hydrogen-bond donors (Lipinski definition) is 3. The second-order valence-electron chi connectivity index (χ2n) is 19.8. The maximum Gasteiger partial charge on any atom is 0.251 e. The molecule has 3 aliphatic carbocycles. The van der Waals surface area contributed by atoms with Gasteiger partial charge in [-0.25, -0.2) is 0 Å². The van der Waals surface area contributed by atoms with Crippen LogP contribution in [0.3, 0.4) is 0 Å². The van der Waals surface area contributed by atoms with E-state index in [-0.39, 0.29) is 35.4 Å². The highest BCUT2D eigenvalue weighted by atomic mass is 16.7.